The summed E-state index contributed by atoms with van der Waals surface area (Å²) in [6.07, 6.45) is 4.90. The Labute approximate surface area is 95.7 Å². The summed E-state index contributed by atoms with van der Waals surface area (Å²) in [4.78, 5) is 5.88. The molecule has 0 N–H and O–H groups in total. The average molecular weight is 225 g/mol. The van der Waals surface area contributed by atoms with Gasteiger partial charge in [-0.2, -0.15) is 0 Å². The number of rotatable bonds is 5. The Morgan fingerprint density at radius 2 is 2.27 bits per heavy atom. The van der Waals surface area contributed by atoms with Crippen LogP contribution in [0.15, 0.2) is 6.20 Å². The van der Waals surface area contributed by atoms with Crippen molar-refractivity contribution in [2.24, 2.45) is 5.92 Å². The van der Waals surface area contributed by atoms with Gasteiger partial charge < -0.3 is 4.74 Å². The van der Waals surface area contributed by atoms with Crippen LogP contribution < -0.4 is 0 Å². The largest absolute Gasteiger partial charge is 0.371 e. The van der Waals surface area contributed by atoms with Gasteiger partial charge in [0.2, 0.25) is 0 Å². The molecule has 1 aliphatic carbocycles. The van der Waals surface area contributed by atoms with Gasteiger partial charge >= 0.3 is 0 Å². The third kappa shape index (κ3) is 2.58. The van der Waals surface area contributed by atoms with Crippen LogP contribution in [0.2, 0.25) is 0 Å². The van der Waals surface area contributed by atoms with E-state index in [0.29, 0.717) is 5.92 Å². The lowest BCUT2D eigenvalue weighted by molar-refractivity contribution is 0.0462. The molecular weight excluding hydrogens is 206 g/mol. The second-order valence-corrected chi connectivity index (χ2v) is 5.56. The number of aromatic nitrogens is 1. The third-order valence-corrected chi connectivity index (χ3v) is 4.11. The minimum atomic E-state index is 0.271. The molecule has 15 heavy (non-hydrogen) atoms. The van der Waals surface area contributed by atoms with Crippen molar-refractivity contribution < 1.29 is 4.74 Å². The maximum absolute atomic E-state index is 5.79. The zero-order chi connectivity index (χ0) is 10.8. The van der Waals surface area contributed by atoms with E-state index in [1.54, 1.807) is 0 Å². The Kier molecular flexibility index (Phi) is 3.42. The van der Waals surface area contributed by atoms with Gasteiger partial charge in [0.05, 0.1) is 0 Å². The predicted molar refractivity (Wildman–Crippen MR) is 63.3 cm³/mol. The molecule has 2 nitrogen and oxygen atoms in total. The summed E-state index contributed by atoms with van der Waals surface area (Å²) in [6.45, 7) is 7.28. The Morgan fingerprint density at radius 1 is 1.53 bits per heavy atom. The van der Waals surface area contributed by atoms with Crippen molar-refractivity contribution in [3.05, 3.63) is 16.1 Å². The first-order valence-electron chi connectivity index (χ1n) is 5.79. The molecular formula is C12H19NOS. The summed E-state index contributed by atoms with van der Waals surface area (Å²) in [6, 6.07) is 0. The molecule has 1 saturated carbocycles. The van der Waals surface area contributed by atoms with Gasteiger partial charge in [0, 0.05) is 17.7 Å². The predicted octanol–water partition coefficient (Wildman–Crippen LogP) is 3.75. The van der Waals surface area contributed by atoms with E-state index in [1.165, 1.54) is 22.7 Å². The molecule has 1 aliphatic rings. The van der Waals surface area contributed by atoms with Crippen molar-refractivity contribution in [2.75, 3.05) is 6.61 Å². The third-order valence-electron chi connectivity index (χ3n) is 2.75. The maximum Gasteiger partial charge on any atom is 0.122 e. The summed E-state index contributed by atoms with van der Waals surface area (Å²) in [7, 11) is 0. The van der Waals surface area contributed by atoms with E-state index in [0.717, 1.165) is 12.5 Å². The van der Waals surface area contributed by atoms with Crippen molar-refractivity contribution in [1.29, 1.82) is 0 Å². The van der Waals surface area contributed by atoms with Crippen molar-refractivity contribution in [3.8, 4) is 0 Å². The van der Waals surface area contributed by atoms with Gasteiger partial charge in [-0.15, -0.1) is 11.3 Å². The number of nitrogens with zero attached hydrogens (tertiary/aromatic N) is 1. The molecule has 1 atom stereocenters. The van der Waals surface area contributed by atoms with Crippen molar-refractivity contribution >= 4 is 11.3 Å². The lowest BCUT2D eigenvalue weighted by Gasteiger charge is -2.12. The number of ether oxygens (including phenoxy) is 1. The quantitative estimate of drug-likeness (QED) is 0.761. The lowest BCUT2D eigenvalue weighted by atomic mass is 10.2. The van der Waals surface area contributed by atoms with Crippen LogP contribution in [0.5, 0.6) is 0 Å². The zero-order valence-electron chi connectivity index (χ0n) is 9.69. The molecule has 3 heteroatoms. The number of hydrogen-bond acceptors (Lipinski definition) is 3. The SMILES string of the molecule is CCOC(c1ncc(C(C)C)s1)C1CC1. The molecule has 0 aliphatic heterocycles. The first-order chi connectivity index (χ1) is 7.22. The van der Waals surface area contributed by atoms with E-state index in [9.17, 15) is 0 Å². The van der Waals surface area contributed by atoms with E-state index in [-0.39, 0.29) is 6.10 Å². The number of hydrogen-bond donors (Lipinski definition) is 0. The minimum Gasteiger partial charge on any atom is -0.371 e. The fraction of sp³-hybridized carbons (Fsp3) is 0.750. The Balaban J connectivity index is 2.10. The van der Waals surface area contributed by atoms with Gasteiger partial charge in [-0.1, -0.05) is 13.8 Å². The summed E-state index contributed by atoms with van der Waals surface area (Å²) in [5.74, 6) is 1.31. The van der Waals surface area contributed by atoms with Gasteiger partial charge in [0.15, 0.2) is 0 Å². The van der Waals surface area contributed by atoms with Gasteiger partial charge in [-0.3, -0.25) is 0 Å². The smallest absolute Gasteiger partial charge is 0.122 e. The highest BCUT2D eigenvalue weighted by Gasteiger charge is 2.34. The second kappa shape index (κ2) is 4.62. The second-order valence-electron chi connectivity index (χ2n) is 4.47. The first-order valence-corrected chi connectivity index (χ1v) is 6.61. The van der Waals surface area contributed by atoms with Crippen LogP contribution in [-0.4, -0.2) is 11.6 Å². The first kappa shape index (κ1) is 11.1. The van der Waals surface area contributed by atoms with E-state index in [1.807, 2.05) is 17.5 Å². The van der Waals surface area contributed by atoms with Crippen LogP contribution >= 0.6 is 11.3 Å². The molecule has 84 valence electrons. The Hall–Kier alpha value is -0.410. The van der Waals surface area contributed by atoms with Crippen LogP contribution in [0, 0.1) is 5.92 Å². The molecule has 2 rings (SSSR count). The van der Waals surface area contributed by atoms with Crippen molar-refractivity contribution in [1.82, 2.24) is 4.98 Å². The summed E-state index contributed by atoms with van der Waals surface area (Å²) >= 11 is 1.82. The molecule has 1 heterocycles. The molecule has 1 aromatic rings. The Morgan fingerprint density at radius 3 is 2.73 bits per heavy atom. The molecule has 0 bridgehead atoms. The summed E-state index contributed by atoms with van der Waals surface area (Å²) in [5, 5.41) is 1.18. The van der Waals surface area contributed by atoms with Gasteiger partial charge in [0.25, 0.3) is 0 Å². The van der Waals surface area contributed by atoms with Gasteiger partial charge in [0.1, 0.15) is 11.1 Å². The molecule has 0 saturated heterocycles. The van der Waals surface area contributed by atoms with E-state index in [4.69, 9.17) is 4.74 Å². The number of thiazole rings is 1. The van der Waals surface area contributed by atoms with Gasteiger partial charge in [-0.05, 0) is 31.6 Å². The minimum absolute atomic E-state index is 0.271. The topological polar surface area (TPSA) is 22.1 Å². The van der Waals surface area contributed by atoms with Crippen molar-refractivity contribution in [2.45, 2.75) is 45.6 Å². The Bertz CT molecular complexity index is 317. The maximum atomic E-state index is 5.79. The molecule has 0 radical (unpaired) electrons. The molecule has 1 fully saturated rings. The highest BCUT2D eigenvalue weighted by atomic mass is 32.1. The van der Waals surface area contributed by atoms with Crippen LogP contribution in [0.1, 0.15) is 55.5 Å². The molecule has 0 aromatic carbocycles. The van der Waals surface area contributed by atoms with E-state index in [2.05, 4.69) is 25.8 Å². The van der Waals surface area contributed by atoms with Crippen molar-refractivity contribution in [3.63, 3.8) is 0 Å². The van der Waals surface area contributed by atoms with Crippen LogP contribution in [0.3, 0.4) is 0 Å². The van der Waals surface area contributed by atoms with E-state index < -0.39 is 0 Å². The van der Waals surface area contributed by atoms with E-state index >= 15 is 0 Å². The highest BCUT2D eigenvalue weighted by Crippen LogP contribution is 2.44. The fourth-order valence-electron chi connectivity index (χ4n) is 1.69. The monoisotopic (exact) mass is 225 g/mol. The zero-order valence-corrected chi connectivity index (χ0v) is 10.5. The molecule has 0 amide bonds. The summed E-state index contributed by atoms with van der Waals surface area (Å²) < 4.78 is 5.79. The standard InChI is InChI=1S/C12H19NOS/c1-4-14-11(9-5-6-9)12-13-7-10(15-12)8(2)3/h7-9,11H,4-6H2,1-3H3. The van der Waals surface area contributed by atoms with Gasteiger partial charge in [-0.25, -0.2) is 4.98 Å². The average Bonchev–Trinajstić information content (AvgIpc) is 2.91. The molecule has 1 aromatic heterocycles. The van der Waals surface area contributed by atoms with Crippen LogP contribution in [0.25, 0.3) is 0 Å². The highest BCUT2D eigenvalue weighted by molar-refractivity contribution is 7.11. The fourth-order valence-corrected chi connectivity index (χ4v) is 2.75. The molecule has 1 unspecified atom stereocenters. The van der Waals surface area contributed by atoms with Crippen LogP contribution in [-0.2, 0) is 4.74 Å². The molecule has 0 spiro atoms. The summed E-state index contributed by atoms with van der Waals surface area (Å²) in [5.41, 5.74) is 0. The normalized spacial score (nSPS) is 18.4. The lowest BCUT2D eigenvalue weighted by Crippen LogP contribution is -2.05. The van der Waals surface area contributed by atoms with Crippen LogP contribution in [0.4, 0.5) is 0 Å².